The molecule has 4 aliphatic rings. The van der Waals surface area contributed by atoms with Gasteiger partial charge in [0.2, 0.25) is 0 Å². The number of rotatable bonds is 11. The van der Waals surface area contributed by atoms with Crippen LogP contribution in [0.2, 0.25) is 0 Å². The summed E-state index contributed by atoms with van der Waals surface area (Å²) in [5, 5.41) is 20.5. The van der Waals surface area contributed by atoms with E-state index in [1.165, 1.54) is 51.2 Å². The van der Waals surface area contributed by atoms with E-state index < -0.39 is 0 Å². The smallest absolute Gasteiger partial charge is 0.196 e. The van der Waals surface area contributed by atoms with Crippen LogP contribution in [-0.2, 0) is 12.8 Å². The third-order valence-electron chi connectivity index (χ3n) is 14.7. The first-order valence-corrected chi connectivity index (χ1v) is 24.6. The highest BCUT2D eigenvalue weighted by molar-refractivity contribution is 7.15. The monoisotopic (exact) mass is 898 g/mol. The van der Waals surface area contributed by atoms with E-state index in [0.717, 1.165) is 97.9 Å². The van der Waals surface area contributed by atoms with Crippen molar-refractivity contribution in [3.8, 4) is 16.5 Å². The second-order valence-corrected chi connectivity index (χ2v) is 19.7. The van der Waals surface area contributed by atoms with Crippen molar-refractivity contribution in [2.45, 2.75) is 76.8 Å². The lowest BCUT2D eigenvalue weighted by Crippen LogP contribution is -2.53. The van der Waals surface area contributed by atoms with Gasteiger partial charge in [-0.1, -0.05) is 60.7 Å². The first-order chi connectivity index (χ1) is 32.3. The van der Waals surface area contributed by atoms with Crippen molar-refractivity contribution in [1.29, 1.82) is 0 Å². The van der Waals surface area contributed by atoms with E-state index >= 15 is 0 Å². The summed E-state index contributed by atoms with van der Waals surface area (Å²) in [6, 6.07) is 35.0. The molecular weight excluding hydrogens is 841 g/mol. The summed E-state index contributed by atoms with van der Waals surface area (Å²) in [6.45, 7) is 14.5. The highest BCUT2D eigenvalue weighted by Crippen LogP contribution is 2.47. The van der Waals surface area contributed by atoms with Crippen molar-refractivity contribution in [1.82, 2.24) is 29.5 Å². The van der Waals surface area contributed by atoms with Crippen LogP contribution in [0.1, 0.15) is 98.5 Å². The number of hydrogen-bond acceptors (Lipinski definition) is 11. The van der Waals surface area contributed by atoms with Crippen molar-refractivity contribution in [2.24, 2.45) is 4.99 Å². The Morgan fingerprint density at radius 2 is 1.61 bits per heavy atom. The Balaban J connectivity index is 0.679. The maximum absolute atomic E-state index is 10.2. The van der Waals surface area contributed by atoms with Crippen LogP contribution in [0.15, 0.2) is 119 Å². The zero-order chi connectivity index (χ0) is 44.7. The number of fused-ring (bicyclic) bond motifs is 4. The third-order valence-corrected chi connectivity index (χ3v) is 15.9. The first-order valence-electron chi connectivity index (χ1n) is 23.7. The molecule has 11 rings (SSSR count). The minimum absolute atomic E-state index is 0.236. The molecule has 66 heavy (non-hydrogen) atoms. The normalized spacial score (nSPS) is 20.3. The molecule has 7 aromatic rings. The van der Waals surface area contributed by atoms with Gasteiger partial charge in [-0.15, -0.1) is 21.5 Å². The van der Waals surface area contributed by atoms with Crippen LogP contribution in [0.3, 0.4) is 0 Å². The van der Waals surface area contributed by atoms with Gasteiger partial charge in [0, 0.05) is 79.5 Å². The summed E-state index contributed by atoms with van der Waals surface area (Å²) >= 11 is 1.78. The highest BCUT2D eigenvalue weighted by Gasteiger charge is 2.34. The quantitative estimate of drug-likeness (QED) is 0.136. The molecule has 0 bridgehead atoms. The topological polar surface area (TPSA) is 108 Å². The number of aliphatic imine (C=N–C) groups is 1. The largest absolute Gasteiger partial charge is 0.508 e. The number of nitrogens with zero attached hydrogens (tertiary/aromatic N) is 8. The van der Waals surface area contributed by atoms with Crippen molar-refractivity contribution in [3.63, 3.8) is 0 Å². The molecule has 11 nitrogen and oxygen atoms in total. The standard InChI is InChI=1S/C54H58N8O3S/c1-35-36(2)66-54-50(35)52(56-48(34-49-55-23-31-65-49)53-58-57-37(3)62(53)54)40-9-14-42(15-10-40)60-24-21-43(22-25-60)61-28-26-59(27-29-61)30-32-64-45-17-11-39(12-18-45)51-46(38-7-5-4-6-8-38)19-13-41-33-44(63)16-20-47(41)51/h4-12,14-18,20,23,31,33,43,46,48,51,63H,13,19,21-22,24-30,32,34H2,1-3H3/t46-,48+,51+/m1/s1. The number of piperazine rings is 1. The van der Waals surface area contributed by atoms with Crippen molar-refractivity contribution in [2.75, 3.05) is 57.3 Å². The van der Waals surface area contributed by atoms with Gasteiger partial charge in [-0.2, -0.15) is 0 Å². The van der Waals surface area contributed by atoms with E-state index in [0.29, 0.717) is 36.6 Å². The fourth-order valence-electron chi connectivity index (χ4n) is 11.1. The number of benzene rings is 4. The molecule has 0 amide bonds. The van der Waals surface area contributed by atoms with Crippen LogP contribution in [-0.4, -0.2) is 98.8 Å². The Bertz CT molecular complexity index is 2800. The van der Waals surface area contributed by atoms with Gasteiger partial charge in [0.25, 0.3) is 0 Å². The second-order valence-electron chi connectivity index (χ2n) is 18.5. The Labute approximate surface area is 391 Å². The summed E-state index contributed by atoms with van der Waals surface area (Å²) in [6.07, 6.45) is 8.19. The molecule has 2 saturated heterocycles. The fourth-order valence-corrected chi connectivity index (χ4v) is 12.3. The van der Waals surface area contributed by atoms with E-state index in [9.17, 15) is 5.11 Å². The molecule has 3 atom stereocenters. The van der Waals surface area contributed by atoms with Crippen LogP contribution in [0.4, 0.5) is 5.69 Å². The molecule has 2 fully saturated rings. The van der Waals surface area contributed by atoms with Gasteiger partial charge in [-0.05, 0) is 117 Å². The minimum atomic E-state index is -0.282. The highest BCUT2D eigenvalue weighted by atomic mass is 32.1. The van der Waals surface area contributed by atoms with E-state index in [1.807, 2.05) is 19.1 Å². The molecule has 3 aromatic heterocycles. The fraction of sp³-hybridized carbons (Fsp3) is 0.370. The van der Waals surface area contributed by atoms with Gasteiger partial charge in [-0.25, -0.2) is 4.98 Å². The molecule has 1 N–H and O–H groups in total. The number of ether oxygens (including phenoxy) is 1. The summed E-state index contributed by atoms with van der Waals surface area (Å²) in [4.78, 5) is 19.0. The molecule has 6 heterocycles. The molecular formula is C54H58N8O3S. The van der Waals surface area contributed by atoms with E-state index in [2.05, 4.69) is 133 Å². The number of aromatic hydroxyl groups is 1. The van der Waals surface area contributed by atoms with Gasteiger partial charge in [0.1, 0.15) is 41.2 Å². The number of phenols is 1. The first kappa shape index (κ1) is 42.5. The third kappa shape index (κ3) is 8.35. The molecule has 0 radical (unpaired) electrons. The number of hydrogen-bond donors (Lipinski definition) is 1. The van der Waals surface area contributed by atoms with E-state index in [1.54, 1.807) is 23.8 Å². The molecule has 0 spiro atoms. The summed E-state index contributed by atoms with van der Waals surface area (Å²) in [5.74, 6) is 4.21. The lowest BCUT2D eigenvalue weighted by atomic mass is 9.69. The zero-order valence-electron chi connectivity index (χ0n) is 38.1. The van der Waals surface area contributed by atoms with Crippen molar-refractivity contribution in [3.05, 3.63) is 171 Å². The Morgan fingerprint density at radius 3 is 2.36 bits per heavy atom. The molecule has 338 valence electrons. The number of oxazole rings is 1. The van der Waals surface area contributed by atoms with Crippen LogP contribution in [0.25, 0.3) is 5.00 Å². The van der Waals surface area contributed by atoms with E-state index in [4.69, 9.17) is 14.1 Å². The number of thiophene rings is 1. The lowest BCUT2D eigenvalue weighted by Gasteiger charge is -2.43. The predicted molar refractivity (Wildman–Crippen MR) is 261 cm³/mol. The Kier molecular flexibility index (Phi) is 11.8. The maximum atomic E-state index is 10.2. The zero-order valence-corrected chi connectivity index (χ0v) is 39.0. The average Bonchev–Trinajstić information content (AvgIpc) is 4.07. The number of aromatic nitrogens is 4. The summed E-state index contributed by atoms with van der Waals surface area (Å²) in [5.41, 5.74) is 11.0. The van der Waals surface area contributed by atoms with Gasteiger partial charge in [-0.3, -0.25) is 19.4 Å². The molecule has 4 aromatic carbocycles. The minimum Gasteiger partial charge on any atom is -0.508 e. The number of anilines is 1. The molecule has 0 unspecified atom stereocenters. The van der Waals surface area contributed by atoms with Crippen LogP contribution in [0, 0.1) is 20.8 Å². The summed E-state index contributed by atoms with van der Waals surface area (Å²) in [7, 11) is 0. The van der Waals surface area contributed by atoms with Gasteiger partial charge >= 0.3 is 0 Å². The Morgan fingerprint density at radius 1 is 0.818 bits per heavy atom. The molecule has 0 saturated carbocycles. The van der Waals surface area contributed by atoms with Crippen molar-refractivity contribution >= 4 is 22.7 Å². The number of aryl methyl sites for hydroxylation is 3. The van der Waals surface area contributed by atoms with Crippen molar-refractivity contribution < 1.29 is 14.3 Å². The maximum Gasteiger partial charge on any atom is 0.196 e. The second kappa shape index (κ2) is 18.3. The molecule has 12 heteroatoms. The van der Waals surface area contributed by atoms with Crippen LogP contribution in [0.5, 0.6) is 11.5 Å². The number of phenolic OH excluding ortho intramolecular Hbond substituents is 1. The van der Waals surface area contributed by atoms with Gasteiger partial charge in [0.15, 0.2) is 11.7 Å². The SMILES string of the molecule is Cc1sc2c(c1C)C(c1ccc(N3CCC(N4CCN(CCOc5ccc([C@@H]6c7ccc(O)cc7CC[C@@H]6c6ccccc6)cc5)CC4)CC3)cc1)=N[C@@H](Cc1ncco1)c1nnc(C)n1-2. The summed E-state index contributed by atoms with van der Waals surface area (Å²) < 4.78 is 14.2. The van der Waals surface area contributed by atoms with E-state index in [-0.39, 0.29) is 12.0 Å². The molecule has 1 aliphatic carbocycles. The van der Waals surface area contributed by atoms with Gasteiger partial charge < -0.3 is 19.2 Å². The van der Waals surface area contributed by atoms with Gasteiger partial charge in [0.05, 0.1) is 18.3 Å². The Hall–Kier alpha value is -6.08. The molecule has 3 aliphatic heterocycles. The predicted octanol–water partition coefficient (Wildman–Crippen LogP) is 9.61. The number of piperidine rings is 1. The lowest BCUT2D eigenvalue weighted by molar-refractivity contribution is 0.0770. The van der Waals surface area contributed by atoms with Crippen LogP contribution < -0.4 is 9.64 Å². The van der Waals surface area contributed by atoms with Crippen LogP contribution >= 0.6 is 11.3 Å². The average molecular weight is 899 g/mol.